The SMILES string of the molecule is COC(=O)CN1C(=O)N/C(=C/c2ccc(-c3ccc(C(C)=O)cc3)o2)C1=O. The number of furan rings is 1. The Bertz CT molecular complexity index is 955. The number of methoxy groups -OCH3 is 1. The van der Waals surface area contributed by atoms with Gasteiger partial charge in [-0.1, -0.05) is 24.3 Å². The molecule has 3 rings (SSSR count). The number of amides is 3. The molecule has 2 aromatic rings. The summed E-state index contributed by atoms with van der Waals surface area (Å²) in [4.78, 5) is 47.5. The standard InChI is InChI=1S/C19H16N2O6/c1-11(22)12-3-5-13(6-4-12)16-8-7-14(27-16)9-15-18(24)21(19(25)20-15)10-17(23)26-2/h3-9H,10H2,1-2H3,(H,20,25)/b15-9+. The van der Waals surface area contributed by atoms with Crippen LogP contribution in [-0.4, -0.2) is 42.2 Å². The molecular formula is C19H16N2O6. The highest BCUT2D eigenvalue weighted by molar-refractivity contribution is 6.15. The molecule has 8 heteroatoms. The van der Waals surface area contributed by atoms with Crippen LogP contribution in [0.2, 0.25) is 0 Å². The van der Waals surface area contributed by atoms with E-state index in [-0.39, 0.29) is 11.5 Å². The molecule has 8 nitrogen and oxygen atoms in total. The second-order valence-corrected chi connectivity index (χ2v) is 5.79. The number of ether oxygens (including phenoxy) is 1. The predicted octanol–water partition coefficient (Wildman–Crippen LogP) is 2.21. The number of carbonyl (C=O) groups excluding carboxylic acids is 4. The van der Waals surface area contributed by atoms with Crippen molar-refractivity contribution in [1.82, 2.24) is 10.2 Å². The van der Waals surface area contributed by atoms with Crippen molar-refractivity contribution in [3.8, 4) is 11.3 Å². The lowest BCUT2D eigenvalue weighted by atomic mass is 10.1. The van der Waals surface area contributed by atoms with Gasteiger partial charge in [0.05, 0.1) is 7.11 Å². The fourth-order valence-electron chi connectivity index (χ4n) is 2.51. The van der Waals surface area contributed by atoms with Crippen LogP contribution in [0.15, 0.2) is 46.5 Å². The number of benzene rings is 1. The predicted molar refractivity (Wildman–Crippen MR) is 94.4 cm³/mol. The molecule has 1 fully saturated rings. The van der Waals surface area contributed by atoms with E-state index in [4.69, 9.17) is 4.42 Å². The van der Waals surface area contributed by atoms with Gasteiger partial charge in [0, 0.05) is 17.2 Å². The lowest BCUT2D eigenvalue weighted by molar-refractivity contribution is -0.143. The third-order valence-electron chi connectivity index (χ3n) is 3.97. The van der Waals surface area contributed by atoms with E-state index < -0.39 is 24.5 Å². The topological polar surface area (TPSA) is 106 Å². The summed E-state index contributed by atoms with van der Waals surface area (Å²) in [6.45, 7) is 1.02. The number of nitrogens with zero attached hydrogens (tertiary/aromatic N) is 1. The van der Waals surface area contributed by atoms with Crippen LogP contribution >= 0.6 is 0 Å². The van der Waals surface area contributed by atoms with E-state index in [1.165, 1.54) is 20.1 Å². The molecule has 1 aliphatic heterocycles. The van der Waals surface area contributed by atoms with Gasteiger partial charge in [0.25, 0.3) is 5.91 Å². The minimum Gasteiger partial charge on any atom is -0.468 e. The molecule has 0 radical (unpaired) electrons. The van der Waals surface area contributed by atoms with Crippen molar-refractivity contribution >= 4 is 29.8 Å². The number of urea groups is 1. The largest absolute Gasteiger partial charge is 0.468 e. The third kappa shape index (κ3) is 3.79. The maximum Gasteiger partial charge on any atom is 0.329 e. The lowest BCUT2D eigenvalue weighted by Gasteiger charge is -2.08. The quantitative estimate of drug-likeness (QED) is 0.375. The average Bonchev–Trinajstić information content (AvgIpc) is 3.22. The highest BCUT2D eigenvalue weighted by Crippen LogP contribution is 2.24. The Kier molecular flexibility index (Phi) is 4.89. The van der Waals surface area contributed by atoms with Crippen molar-refractivity contribution in [3.63, 3.8) is 0 Å². The van der Waals surface area contributed by atoms with Crippen LogP contribution in [-0.2, 0) is 14.3 Å². The van der Waals surface area contributed by atoms with Crippen LogP contribution < -0.4 is 5.32 Å². The average molecular weight is 368 g/mol. The van der Waals surface area contributed by atoms with Gasteiger partial charge in [-0.25, -0.2) is 9.69 Å². The first-order valence-electron chi connectivity index (χ1n) is 8.01. The minimum atomic E-state index is -0.705. The van der Waals surface area contributed by atoms with Crippen molar-refractivity contribution in [2.24, 2.45) is 0 Å². The third-order valence-corrected chi connectivity index (χ3v) is 3.97. The Balaban J connectivity index is 1.78. The first kappa shape index (κ1) is 18.1. The molecule has 0 saturated carbocycles. The molecule has 1 aliphatic rings. The number of esters is 1. The Labute approximate surface area is 154 Å². The zero-order chi connectivity index (χ0) is 19.6. The minimum absolute atomic E-state index is 0.00303. The lowest BCUT2D eigenvalue weighted by Crippen LogP contribution is -2.36. The second-order valence-electron chi connectivity index (χ2n) is 5.79. The molecule has 1 N–H and O–H groups in total. The number of hydrogen-bond donors (Lipinski definition) is 1. The van der Waals surface area contributed by atoms with Gasteiger partial charge in [-0.05, 0) is 19.1 Å². The van der Waals surface area contributed by atoms with Gasteiger partial charge in [-0.2, -0.15) is 0 Å². The number of ketones is 1. The Morgan fingerprint density at radius 3 is 2.48 bits per heavy atom. The summed E-state index contributed by atoms with van der Waals surface area (Å²) in [6.07, 6.45) is 1.38. The smallest absolute Gasteiger partial charge is 0.329 e. The fraction of sp³-hybridized carbons (Fsp3) is 0.158. The van der Waals surface area contributed by atoms with Crippen LogP contribution in [0, 0.1) is 0 Å². The van der Waals surface area contributed by atoms with Gasteiger partial charge in [0.15, 0.2) is 5.78 Å². The van der Waals surface area contributed by atoms with Crippen molar-refractivity contribution in [1.29, 1.82) is 0 Å². The molecule has 0 aliphatic carbocycles. The monoisotopic (exact) mass is 368 g/mol. The summed E-state index contributed by atoms with van der Waals surface area (Å²) >= 11 is 0. The van der Waals surface area contributed by atoms with Crippen molar-refractivity contribution in [2.75, 3.05) is 13.7 Å². The molecule has 27 heavy (non-hydrogen) atoms. The van der Waals surface area contributed by atoms with Crippen LogP contribution in [0.3, 0.4) is 0 Å². The molecule has 0 atom stereocenters. The zero-order valence-electron chi connectivity index (χ0n) is 14.6. The maximum absolute atomic E-state index is 12.2. The summed E-state index contributed by atoms with van der Waals surface area (Å²) in [5, 5.41) is 2.39. The number of hydrogen-bond acceptors (Lipinski definition) is 6. The molecule has 1 aromatic carbocycles. The van der Waals surface area contributed by atoms with Gasteiger partial charge >= 0.3 is 12.0 Å². The normalized spacial score (nSPS) is 15.2. The Morgan fingerprint density at radius 2 is 1.85 bits per heavy atom. The number of Topliss-reactive ketones (excluding diaryl/α,β-unsaturated/α-hetero) is 1. The first-order valence-corrected chi connectivity index (χ1v) is 8.01. The molecule has 0 spiro atoms. The van der Waals surface area contributed by atoms with Crippen LogP contribution in [0.25, 0.3) is 17.4 Å². The summed E-state index contributed by atoms with van der Waals surface area (Å²) in [5.41, 5.74) is 1.35. The van der Waals surface area contributed by atoms with Gasteiger partial charge in [-0.15, -0.1) is 0 Å². The second kappa shape index (κ2) is 7.28. The van der Waals surface area contributed by atoms with E-state index in [0.717, 1.165) is 10.5 Å². The first-order chi connectivity index (χ1) is 12.9. The molecule has 1 saturated heterocycles. The molecule has 0 bridgehead atoms. The molecular weight excluding hydrogens is 352 g/mol. The maximum atomic E-state index is 12.2. The summed E-state index contributed by atoms with van der Waals surface area (Å²) in [7, 11) is 1.17. The van der Waals surface area contributed by atoms with E-state index in [0.29, 0.717) is 17.1 Å². The Hall–Kier alpha value is -3.68. The van der Waals surface area contributed by atoms with Gasteiger partial charge in [0.2, 0.25) is 0 Å². The van der Waals surface area contributed by atoms with Crippen molar-refractivity contribution in [2.45, 2.75) is 6.92 Å². The van der Waals surface area contributed by atoms with E-state index in [9.17, 15) is 19.2 Å². The van der Waals surface area contributed by atoms with Crippen molar-refractivity contribution < 1.29 is 28.3 Å². The van der Waals surface area contributed by atoms with Crippen LogP contribution in [0.5, 0.6) is 0 Å². The molecule has 0 unspecified atom stereocenters. The number of rotatable bonds is 5. The van der Waals surface area contributed by atoms with Crippen LogP contribution in [0.4, 0.5) is 4.79 Å². The number of carbonyl (C=O) groups is 4. The number of nitrogens with one attached hydrogen (secondary N) is 1. The summed E-state index contributed by atoms with van der Waals surface area (Å²) in [5.74, 6) is -0.481. The molecule has 138 valence electrons. The molecule has 3 amide bonds. The van der Waals surface area contributed by atoms with Gasteiger partial charge in [0.1, 0.15) is 23.8 Å². The van der Waals surface area contributed by atoms with E-state index in [1.807, 2.05) is 0 Å². The molecule has 1 aromatic heterocycles. The summed E-state index contributed by atoms with van der Waals surface area (Å²) in [6, 6.07) is 9.56. The van der Waals surface area contributed by atoms with Gasteiger partial charge in [-0.3, -0.25) is 14.4 Å². The van der Waals surface area contributed by atoms with E-state index in [1.54, 1.807) is 36.4 Å². The Morgan fingerprint density at radius 1 is 1.15 bits per heavy atom. The zero-order valence-corrected chi connectivity index (χ0v) is 14.6. The number of imide groups is 1. The van der Waals surface area contributed by atoms with Gasteiger partial charge < -0.3 is 14.5 Å². The van der Waals surface area contributed by atoms with E-state index >= 15 is 0 Å². The fourth-order valence-corrected chi connectivity index (χ4v) is 2.51. The summed E-state index contributed by atoms with van der Waals surface area (Å²) < 4.78 is 10.1. The highest BCUT2D eigenvalue weighted by atomic mass is 16.5. The highest BCUT2D eigenvalue weighted by Gasteiger charge is 2.35. The molecule has 2 heterocycles. The van der Waals surface area contributed by atoms with Crippen molar-refractivity contribution in [3.05, 3.63) is 53.4 Å². The van der Waals surface area contributed by atoms with Crippen LogP contribution in [0.1, 0.15) is 23.0 Å². The van der Waals surface area contributed by atoms with E-state index in [2.05, 4.69) is 10.1 Å².